The van der Waals surface area contributed by atoms with Crippen LogP contribution < -0.4 is 0 Å². The van der Waals surface area contributed by atoms with E-state index in [0.29, 0.717) is 33.1 Å². The van der Waals surface area contributed by atoms with Crippen LogP contribution in [0.1, 0.15) is 22.8 Å². The van der Waals surface area contributed by atoms with Crippen LogP contribution in [0.15, 0.2) is 24.4 Å². The van der Waals surface area contributed by atoms with Crippen LogP contribution in [0.2, 0.25) is 0 Å². The molecule has 18 heavy (non-hydrogen) atoms. The van der Waals surface area contributed by atoms with Crippen LogP contribution in [0.3, 0.4) is 0 Å². The Balaban J connectivity index is 2.70. The fourth-order valence-corrected chi connectivity index (χ4v) is 2.02. The largest absolute Gasteiger partial charge is 0.462 e. The van der Waals surface area contributed by atoms with Gasteiger partial charge in [0.2, 0.25) is 0 Å². The van der Waals surface area contributed by atoms with Crippen molar-refractivity contribution < 1.29 is 9.53 Å². The minimum Gasteiger partial charge on any atom is -0.462 e. The second-order valence-corrected chi connectivity index (χ2v) is 4.00. The molecule has 0 aliphatic rings. The number of rotatable bonds is 2. The Kier molecular flexibility index (Phi) is 3.40. The van der Waals surface area contributed by atoms with Crippen molar-refractivity contribution in [2.75, 3.05) is 6.61 Å². The van der Waals surface area contributed by atoms with Crippen molar-refractivity contribution in [1.29, 1.82) is 5.26 Å². The maximum Gasteiger partial charge on any atom is 0.341 e. The molecule has 0 saturated heterocycles. The van der Waals surface area contributed by atoms with Crippen LogP contribution in [0.25, 0.3) is 10.9 Å². The molecule has 0 aliphatic heterocycles. The standard InChI is InChI=1S/C13H10N2O2S/c1-2-17-13(16)10-7-15-11-8(6-14)4-3-5-9(11)12(10)18/h3-5,7H,2H2,1H3,(H,15,18). The molecule has 0 spiro atoms. The molecule has 0 bridgehead atoms. The number of pyridine rings is 1. The minimum absolute atomic E-state index is 0.296. The van der Waals surface area contributed by atoms with Gasteiger partial charge in [0.05, 0.1) is 27.8 Å². The van der Waals surface area contributed by atoms with Crippen LogP contribution in [0.5, 0.6) is 0 Å². The summed E-state index contributed by atoms with van der Waals surface area (Å²) in [5, 5.41) is 9.67. The second kappa shape index (κ2) is 4.98. The maximum atomic E-state index is 11.7. The molecule has 1 aromatic heterocycles. The average Bonchev–Trinajstić information content (AvgIpc) is 2.39. The summed E-state index contributed by atoms with van der Waals surface area (Å²) in [6, 6.07) is 7.28. The zero-order chi connectivity index (χ0) is 13.1. The molecule has 2 rings (SSSR count). The third-order valence-electron chi connectivity index (χ3n) is 2.53. The topological polar surface area (TPSA) is 65.9 Å². The van der Waals surface area contributed by atoms with Gasteiger partial charge in [-0.3, -0.25) is 0 Å². The molecule has 0 saturated carbocycles. The number of aromatic amines is 1. The summed E-state index contributed by atoms with van der Waals surface area (Å²) in [7, 11) is 0. The fraction of sp³-hybridized carbons (Fsp3) is 0.154. The molecular weight excluding hydrogens is 248 g/mol. The number of nitrogens with one attached hydrogen (secondary N) is 1. The molecule has 0 atom stereocenters. The molecule has 5 heteroatoms. The van der Waals surface area contributed by atoms with E-state index in [2.05, 4.69) is 11.1 Å². The number of esters is 1. The fourth-order valence-electron chi connectivity index (χ4n) is 1.71. The van der Waals surface area contributed by atoms with Crippen LogP contribution in [-0.2, 0) is 4.74 Å². The van der Waals surface area contributed by atoms with Crippen molar-refractivity contribution in [1.82, 2.24) is 4.98 Å². The number of carbonyl (C=O) groups excluding carboxylic acids is 1. The lowest BCUT2D eigenvalue weighted by Gasteiger charge is -2.05. The lowest BCUT2D eigenvalue weighted by molar-refractivity contribution is 0.0525. The number of fused-ring (bicyclic) bond motifs is 1. The molecule has 1 N–H and O–H groups in total. The smallest absolute Gasteiger partial charge is 0.341 e. The number of para-hydroxylation sites is 1. The van der Waals surface area contributed by atoms with E-state index in [1.807, 2.05) is 0 Å². The van der Waals surface area contributed by atoms with E-state index in [-0.39, 0.29) is 0 Å². The Morgan fingerprint density at radius 1 is 1.56 bits per heavy atom. The predicted octanol–water partition coefficient (Wildman–Crippen LogP) is 2.95. The van der Waals surface area contributed by atoms with Gasteiger partial charge in [-0.1, -0.05) is 24.4 Å². The Bertz CT molecular complexity index is 713. The van der Waals surface area contributed by atoms with Crippen molar-refractivity contribution in [3.05, 3.63) is 40.0 Å². The monoisotopic (exact) mass is 258 g/mol. The number of nitrogens with zero attached hydrogens (tertiary/aromatic N) is 1. The molecular formula is C13H10N2O2S. The Morgan fingerprint density at radius 3 is 3.00 bits per heavy atom. The Morgan fingerprint density at radius 2 is 2.33 bits per heavy atom. The van der Waals surface area contributed by atoms with E-state index in [9.17, 15) is 4.79 Å². The number of H-pyrrole nitrogens is 1. The van der Waals surface area contributed by atoms with E-state index in [4.69, 9.17) is 22.2 Å². The average molecular weight is 258 g/mol. The van der Waals surface area contributed by atoms with Crippen molar-refractivity contribution in [2.24, 2.45) is 0 Å². The molecule has 4 nitrogen and oxygen atoms in total. The van der Waals surface area contributed by atoms with Gasteiger partial charge >= 0.3 is 5.97 Å². The third-order valence-corrected chi connectivity index (χ3v) is 2.97. The molecule has 0 unspecified atom stereocenters. The minimum atomic E-state index is -0.456. The van der Waals surface area contributed by atoms with Crippen molar-refractivity contribution in [3.63, 3.8) is 0 Å². The maximum absolute atomic E-state index is 11.7. The number of carbonyl (C=O) groups is 1. The molecule has 1 heterocycles. The summed E-state index contributed by atoms with van der Waals surface area (Å²) in [4.78, 5) is 14.6. The van der Waals surface area contributed by atoms with Crippen LogP contribution in [0, 0.1) is 15.8 Å². The zero-order valence-electron chi connectivity index (χ0n) is 9.69. The number of hydrogen-bond acceptors (Lipinski definition) is 4. The lowest BCUT2D eigenvalue weighted by Crippen LogP contribution is -2.06. The molecule has 90 valence electrons. The van der Waals surface area contributed by atoms with Gasteiger partial charge < -0.3 is 9.72 Å². The summed E-state index contributed by atoms with van der Waals surface area (Å²) in [5.74, 6) is -0.456. The van der Waals surface area contributed by atoms with Gasteiger partial charge in [0, 0.05) is 11.6 Å². The zero-order valence-corrected chi connectivity index (χ0v) is 10.5. The summed E-state index contributed by atoms with van der Waals surface area (Å²) in [6.07, 6.45) is 1.49. The number of ether oxygens (including phenoxy) is 1. The molecule has 2 aromatic rings. The van der Waals surface area contributed by atoms with Gasteiger partial charge in [0.1, 0.15) is 6.07 Å². The molecule has 1 aromatic carbocycles. The van der Waals surface area contributed by atoms with Gasteiger partial charge in [0.15, 0.2) is 0 Å². The molecule has 0 fully saturated rings. The predicted molar refractivity (Wildman–Crippen MR) is 69.8 cm³/mol. The van der Waals surface area contributed by atoms with E-state index >= 15 is 0 Å². The quantitative estimate of drug-likeness (QED) is 0.664. The van der Waals surface area contributed by atoms with Gasteiger partial charge in [-0.25, -0.2) is 4.79 Å². The SMILES string of the molecule is CCOC(=O)c1c[nH]c2c(C#N)cccc2c1=S. The normalized spacial score (nSPS) is 10.0. The third kappa shape index (κ3) is 1.98. The highest BCUT2D eigenvalue weighted by molar-refractivity contribution is 7.71. The first-order valence-corrected chi connectivity index (χ1v) is 5.81. The molecule has 0 amide bonds. The Hall–Kier alpha value is -2.19. The van der Waals surface area contributed by atoms with Gasteiger partial charge in [-0.15, -0.1) is 0 Å². The van der Waals surface area contributed by atoms with E-state index < -0.39 is 5.97 Å². The van der Waals surface area contributed by atoms with E-state index in [1.54, 1.807) is 25.1 Å². The summed E-state index contributed by atoms with van der Waals surface area (Å²) in [5.41, 5.74) is 1.45. The van der Waals surface area contributed by atoms with E-state index in [0.717, 1.165) is 0 Å². The highest BCUT2D eigenvalue weighted by Crippen LogP contribution is 2.20. The van der Waals surface area contributed by atoms with Crippen molar-refractivity contribution >= 4 is 29.1 Å². The van der Waals surface area contributed by atoms with Crippen LogP contribution in [0.4, 0.5) is 0 Å². The van der Waals surface area contributed by atoms with Gasteiger partial charge in [-0.2, -0.15) is 5.26 Å². The molecule has 0 aliphatic carbocycles. The van der Waals surface area contributed by atoms with Crippen LogP contribution >= 0.6 is 12.2 Å². The summed E-state index contributed by atoms with van der Waals surface area (Å²) < 4.78 is 5.33. The van der Waals surface area contributed by atoms with Crippen molar-refractivity contribution in [2.45, 2.75) is 6.92 Å². The van der Waals surface area contributed by atoms with Gasteiger partial charge in [-0.05, 0) is 13.0 Å². The highest BCUT2D eigenvalue weighted by Gasteiger charge is 2.12. The second-order valence-electron chi connectivity index (χ2n) is 3.59. The van der Waals surface area contributed by atoms with E-state index in [1.165, 1.54) is 6.20 Å². The van der Waals surface area contributed by atoms with Crippen LogP contribution in [-0.4, -0.2) is 17.6 Å². The summed E-state index contributed by atoms with van der Waals surface area (Å²) in [6.45, 7) is 2.03. The first-order chi connectivity index (χ1) is 8.69. The molecule has 0 radical (unpaired) electrons. The highest BCUT2D eigenvalue weighted by atomic mass is 32.1. The first-order valence-electron chi connectivity index (χ1n) is 5.40. The first kappa shape index (κ1) is 12.3. The number of benzene rings is 1. The summed E-state index contributed by atoms with van der Waals surface area (Å²) >= 11 is 5.26. The lowest BCUT2D eigenvalue weighted by atomic mass is 10.1. The number of hydrogen-bond donors (Lipinski definition) is 1. The van der Waals surface area contributed by atoms with Gasteiger partial charge in [0.25, 0.3) is 0 Å². The Labute approximate surface area is 109 Å². The number of aromatic nitrogens is 1. The van der Waals surface area contributed by atoms with Crippen molar-refractivity contribution in [3.8, 4) is 6.07 Å². The number of nitriles is 1.